The van der Waals surface area contributed by atoms with Crippen LogP contribution >= 0.6 is 24.0 Å². The maximum atomic E-state index is 11.6. The van der Waals surface area contributed by atoms with Crippen LogP contribution in [0.2, 0.25) is 0 Å². The lowest BCUT2D eigenvalue weighted by atomic mass is 10.4. The summed E-state index contributed by atoms with van der Waals surface area (Å²) < 4.78 is 23.1. The molecule has 0 unspecified atom stereocenters. The van der Waals surface area contributed by atoms with Gasteiger partial charge in [0.25, 0.3) is 0 Å². The molecule has 1 aromatic heterocycles. The second-order valence-corrected chi connectivity index (χ2v) is 7.03. The smallest absolute Gasteiger partial charge is 0.156 e. The van der Waals surface area contributed by atoms with E-state index in [0.29, 0.717) is 17.2 Å². The van der Waals surface area contributed by atoms with Gasteiger partial charge < -0.3 is 0 Å². The highest BCUT2D eigenvalue weighted by atomic mass is 32.2. The third-order valence-electron chi connectivity index (χ3n) is 1.94. The van der Waals surface area contributed by atoms with Crippen LogP contribution in [-0.2, 0) is 21.3 Å². The molecule has 0 aliphatic carbocycles. The normalized spacial score (nSPS) is 11.9. The molecule has 3 nitrogen and oxygen atoms in total. The van der Waals surface area contributed by atoms with E-state index in [2.05, 4.69) is 17.6 Å². The maximum absolute atomic E-state index is 11.6. The van der Waals surface area contributed by atoms with Gasteiger partial charge in [-0.15, -0.1) is 11.3 Å². The molecule has 0 saturated heterocycles. The third kappa shape index (κ3) is 3.77. The lowest BCUT2D eigenvalue weighted by molar-refractivity contribution is 0.594. The quantitative estimate of drug-likeness (QED) is 0.830. The van der Waals surface area contributed by atoms with Crippen molar-refractivity contribution in [3.05, 3.63) is 15.6 Å². The van der Waals surface area contributed by atoms with Gasteiger partial charge in [0.1, 0.15) is 10.8 Å². The summed E-state index contributed by atoms with van der Waals surface area (Å²) in [6.45, 7) is 3.75. The molecule has 1 aromatic rings. The van der Waals surface area contributed by atoms with Gasteiger partial charge in [-0.3, -0.25) is 0 Å². The van der Waals surface area contributed by atoms with E-state index in [4.69, 9.17) is 0 Å². The molecule has 0 bridgehead atoms. The van der Waals surface area contributed by atoms with Crippen LogP contribution in [-0.4, -0.2) is 19.2 Å². The number of aryl methyl sites for hydroxylation is 1. The van der Waals surface area contributed by atoms with Gasteiger partial charge in [0, 0.05) is 10.6 Å². The average Bonchev–Trinajstić information content (AvgIpc) is 2.44. The number of aromatic nitrogens is 1. The van der Waals surface area contributed by atoms with E-state index in [-0.39, 0.29) is 11.5 Å². The molecule has 86 valence electrons. The lowest BCUT2D eigenvalue weighted by Crippen LogP contribution is -2.08. The van der Waals surface area contributed by atoms with Crippen LogP contribution in [0.1, 0.15) is 28.9 Å². The van der Waals surface area contributed by atoms with Crippen LogP contribution < -0.4 is 0 Å². The topological polar surface area (TPSA) is 47.0 Å². The van der Waals surface area contributed by atoms with Crippen molar-refractivity contribution in [3.63, 3.8) is 0 Å². The van der Waals surface area contributed by atoms with Gasteiger partial charge in [-0.2, -0.15) is 12.6 Å². The number of sulfone groups is 1. The summed E-state index contributed by atoms with van der Waals surface area (Å²) in [4.78, 5) is 5.29. The molecule has 0 N–H and O–H groups in total. The Morgan fingerprint density at radius 2 is 2.13 bits per heavy atom. The first-order valence-electron chi connectivity index (χ1n) is 4.75. The summed E-state index contributed by atoms with van der Waals surface area (Å²) in [5, 5.41) is 0.685. The number of hydrogen-bond acceptors (Lipinski definition) is 5. The van der Waals surface area contributed by atoms with Gasteiger partial charge in [-0.1, -0.05) is 6.92 Å². The van der Waals surface area contributed by atoms with E-state index in [1.54, 1.807) is 0 Å². The van der Waals surface area contributed by atoms with Gasteiger partial charge in [0.15, 0.2) is 9.84 Å². The highest BCUT2D eigenvalue weighted by Crippen LogP contribution is 2.21. The van der Waals surface area contributed by atoms with Gasteiger partial charge in [-0.05, 0) is 13.3 Å². The summed E-state index contributed by atoms with van der Waals surface area (Å²) in [5.74, 6) is 0.930. The van der Waals surface area contributed by atoms with E-state index >= 15 is 0 Å². The highest BCUT2D eigenvalue weighted by Gasteiger charge is 2.15. The van der Waals surface area contributed by atoms with Crippen LogP contribution in [0.25, 0.3) is 0 Å². The summed E-state index contributed by atoms with van der Waals surface area (Å²) in [6, 6.07) is 0. The Kier molecular flexibility index (Phi) is 4.61. The van der Waals surface area contributed by atoms with Crippen LogP contribution in [0, 0.1) is 6.92 Å². The lowest BCUT2D eigenvalue weighted by Gasteiger charge is -1.98. The van der Waals surface area contributed by atoms with E-state index in [0.717, 1.165) is 10.6 Å². The Hall–Kier alpha value is -0.0700. The zero-order valence-electron chi connectivity index (χ0n) is 8.86. The van der Waals surface area contributed by atoms with Crippen LogP contribution in [0.3, 0.4) is 0 Å². The maximum Gasteiger partial charge on any atom is 0.156 e. The van der Waals surface area contributed by atoms with Crippen molar-refractivity contribution in [3.8, 4) is 0 Å². The van der Waals surface area contributed by atoms with Gasteiger partial charge in [0.05, 0.1) is 11.4 Å². The minimum absolute atomic E-state index is 0.0696. The molecule has 0 amide bonds. The number of nitrogens with zero attached hydrogens (tertiary/aromatic N) is 1. The molecule has 0 aromatic carbocycles. The first kappa shape index (κ1) is 13.0. The minimum Gasteiger partial charge on any atom is -0.245 e. The van der Waals surface area contributed by atoms with Crippen molar-refractivity contribution in [2.75, 3.05) is 5.75 Å². The predicted octanol–water partition coefficient (Wildman–Crippen LogP) is 2.21. The molecule has 1 heterocycles. The fourth-order valence-corrected chi connectivity index (χ4v) is 4.40. The first-order valence-corrected chi connectivity index (χ1v) is 8.02. The molecule has 1 rings (SSSR count). The van der Waals surface area contributed by atoms with E-state index in [1.165, 1.54) is 11.3 Å². The number of thiazole rings is 1. The van der Waals surface area contributed by atoms with E-state index in [9.17, 15) is 8.42 Å². The molecule has 0 saturated carbocycles. The van der Waals surface area contributed by atoms with Crippen LogP contribution in [0.5, 0.6) is 0 Å². The van der Waals surface area contributed by atoms with Crippen molar-refractivity contribution in [2.45, 2.75) is 31.8 Å². The van der Waals surface area contributed by atoms with Gasteiger partial charge in [0.2, 0.25) is 0 Å². The molecule has 0 aliphatic rings. The largest absolute Gasteiger partial charge is 0.245 e. The van der Waals surface area contributed by atoms with Crippen molar-refractivity contribution in [1.29, 1.82) is 0 Å². The molecule has 0 aliphatic heterocycles. The first-order chi connectivity index (χ1) is 6.98. The Labute approximate surface area is 100 Å². The molecule has 0 atom stereocenters. The van der Waals surface area contributed by atoms with E-state index in [1.807, 2.05) is 13.8 Å². The Morgan fingerprint density at radius 1 is 1.47 bits per heavy atom. The molecule has 0 fully saturated rings. The molecule has 6 heteroatoms. The summed E-state index contributed by atoms with van der Waals surface area (Å²) in [7, 11) is -2.97. The van der Waals surface area contributed by atoms with Gasteiger partial charge >= 0.3 is 0 Å². The average molecular weight is 265 g/mol. The standard InChI is InChI=1S/C9H15NO2S3/c1-3-4-15(11,12)6-9-10-7(2)8(5-13)14-9/h13H,3-6H2,1-2H3. The third-order valence-corrected chi connectivity index (χ3v) is 5.55. The highest BCUT2D eigenvalue weighted by molar-refractivity contribution is 7.90. The van der Waals surface area contributed by atoms with Crippen LogP contribution in [0.15, 0.2) is 0 Å². The number of rotatable bonds is 5. The predicted molar refractivity (Wildman–Crippen MR) is 67.3 cm³/mol. The molecule has 0 radical (unpaired) electrons. The molecule has 15 heavy (non-hydrogen) atoms. The monoisotopic (exact) mass is 265 g/mol. The number of thiol groups is 1. The molecular formula is C9H15NO2S3. The Balaban J connectivity index is 2.81. The summed E-state index contributed by atoms with van der Waals surface area (Å²) in [5.41, 5.74) is 0.900. The van der Waals surface area contributed by atoms with Crippen molar-refractivity contribution < 1.29 is 8.42 Å². The number of hydrogen-bond donors (Lipinski definition) is 1. The zero-order valence-corrected chi connectivity index (χ0v) is 11.4. The Morgan fingerprint density at radius 3 is 2.60 bits per heavy atom. The Bertz CT molecular complexity index is 423. The van der Waals surface area contributed by atoms with Crippen molar-refractivity contribution >= 4 is 33.8 Å². The fourth-order valence-electron chi connectivity index (χ4n) is 1.27. The summed E-state index contributed by atoms with van der Waals surface area (Å²) >= 11 is 5.61. The molecular weight excluding hydrogens is 250 g/mol. The second kappa shape index (κ2) is 5.32. The van der Waals surface area contributed by atoms with E-state index < -0.39 is 9.84 Å². The zero-order chi connectivity index (χ0) is 11.5. The SMILES string of the molecule is CCCS(=O)(=O)Cc1nc(C)c(CS)s1. The van der Waals surface area contributed by atoms with Gasteiger partial charge in [-0.25, -0.2) is 13.4 Å². The van der Waals surface area contributed by atoms with Crippen molar-refractivity contribution in [1.82, 2.24) is 4.98 Å². The molecule has 0 spiro atoms. The fraction of sp³-hybridized carbons (Fsp3) is 0.667. The summed E-state index contributed by atoms with van der Waals surface area (Å²) in [6.07, 6.45) is 0.659. The van der Waals surface area contributed by atoms with Crippen molar-refractivity contribution in [2.24, 2.45) is 0 Å². The minimum atomic E-state index is -2.97. The van der Waals surface area contributed by atoms with Crippen LogP contribution in [0.4, 0.5) is 0 Å². The second-order valence-electron chi connectivity index (χ2n) is 3.37.